The van der Waals surface area contributed by atoms with Gasteiger partial charge < -0.3 is 10.0 Å². The van der Waals surface area contributed by atoms with Crippen LogP contribution in [0.2, 0.25) is 0 Å². The summed E-state index contributed by atoms with van der Waals surface area (Å²) in [4.78, 5) is 66.8. The number of likely N-dealkylation sites (tertiary alicyclic amines) is 1. The van der Waals surface area contributed by atoms with E-state index in [9.17, 15) is 24.0 Å². The number of ketones is 2. The first-order valence-corrected chi connectivity index (χ1v) is 12.0. The number of rotatable bonds is 8. The monoisotopic (exact) mass is 469 g/mol. The Kier molecular flexibility index (Phi) is 7.11. The van der Waals surface area contributed by atoms with E-state index in [-0.39, 0.29) is 36.7 Å². The second-order valence-corrected chi connectivity index (χ2v) is 9.41. The second-order valence-electron chi connectivity index (χ2n) is 9.41. The zero-order valence-corrected chi connectivity index (χ0v) is 19.5. The maximum Gasteiger partial charge on any atom is 0.303 e. The highest BCUT2D eigenvalue weighted by Gasteiger charge is 2.49. The van der Waals surface area contributed by atoms with E-state index in [0.717, 1.165) is 56.2 Å². The minimum Gasteiger partial charge on any atom is -0.481 e. The number of carbonyl (C=O) groups is 5. The van der Waals surface area contributed by atoms with Crippen molar-refractivity contribution in [1.29, 1.82) is 0 Å². The number of Topliss-reactive ketones (excluding diaryl/α,β-unsaturated/α-hetero) is 2. The Morgan fingerprint density at radius 1 is 0.971 bits per heavy atom. The molecule has 182 valence electrons. The smallest absolute Gasteiger partial charge is 0.303 e. The van der Waals surface area contributed by atoms with Gasteiger partial charge in [-0.3, -0.25) is 33.8 Å². The number of benzene rings is 1. The van der Waals surface area contributed by atoms with Crippen molar-refractivity contribution in [1.82, 2.24) is 9.80 Å². The number of fused-ring (bicyclic) bond motifs is 1. The summed E-state index contributed by atoms with van der Waals surface area (Å²) in [6.07, 6.45) is 3.20. The van der Waals surface area contributed by atoms with Gasteiger partial charge in [0.25, 0.3) is 0 Å². The number of hydrogen-bond acceptors (Lipinski definition) is 7. The van der Waals surface area contributed by atoms with Crippen molar-refractivity contribution in [3.8, 4) is 0 Å². The third-order valence-corrected chi connectivity index (χ3v) is 7.29. The van der Waals surface area contributed by atoms with Crippen LogP contribution in [0.3, 0.4) is 0 Å². The van der Waals surface area contributed by atoms with Gasteiger partial charge in [0.05, 0.1) is 11.8 Å². The van der Waals surface area contributed by atoms with E-state index >= 15 is 0 Å². The zero-order chi connectivity index (χ0) is 24.4. The van der Waals surface area contributed by atoms with Crippen LogP contribution >= 0.6 is 0 Å². The molecule has 2 fully saturated rings. The Balaban J connectivity index is 1.36. The number of carboxylic acids is 1. The highest BCUT2D eigenvalue weighted by molar-refractivity contribution is 6.28. The minimum absolute atomic E-state index is 0.162. The number of amides is 2. The van der Waals surface area contributed by atoms with Crippen LogP contribution in [0.25, 0.3) is 0 Å². The largest absolute Gasteiger partial charge is 0.481 e. The Hall–Kier alpha value is -3.07. The number of hydrogen-bond donors (Lipinski definition) is 1. The summed E-state index contributed by atoms with van der Waals surface area (Å²) < 4.78 is 0. The van der Waals surface area contributed by atoms with Crippen molar-refractivity contribution in [3.05, 3.63) is 29.3 Å². The van der Waals surface area contributed by atoms with E-state index in [2.05, 4.69) is 9.80 Å². The quantitative estimate of drug-likeness (QED) is 0.348. The first kappa shape index (κ1) is 24.1. The molecule has 0 spiro atoms. The molecule has 2 aliphatic heterocycles. The molecule has 3 aliphatic rings. The highest BCUT2D eigenvalue weighted by atomic mass is 16.4. The van der Waals surface area contributed by atoms with Gasteiger partial charge in [0.1, 0.15) is 0 Å². The predicted octanol–water partition coefficient (Wildman–Crippen LogP) is 1.84. The molecule has 1 aromatic carbocycles. The average molecular weight is 470 g/mol. The topological polar surface area (TPSA) is 115 Å². The Labute approximate surface area is 198 Å². The summed E-state index contributed by atoms with van der Waals surface area (Å²) >= 11 is 0. The molecule has 9 heteroatoms. The average Bonchev–Trinajstić information content (AvgIpc) is 3.07. The van der Waals surface area contributed by atoms with Crippen LogP contribution < -0.4 is 4.90 Å². The van der Waals surface area contributed by atoms with Crippen LogP contribution in [0.1, 0.15) is 59.2 Å². The van der Waals surface area contributed by atoms with Gasteiger partial charge in [-0.05, 0) is 44.0 Å². The first-order chi connectivity index (χ1) is 16.3. The number of nitrogens with zero attached hydrogens (tertiary/aromatic N) is 3. The van der Waals surface area contributed by atoms with Crippen LogP contribution in [0.4, 0.5) is 5.69 Å². The van der Waals surface area contributed by atoms with Gasteiger partial charge in [0, 0.05) is 62.9 Å². The van der Waals surface area contributed by atoms with E-state index in [1.54, 1.807) is 12.1 Å². The molecule has 2 amide bonds. The van der Waals surface area contributed by atoms with Crippen LogP contribution in [0.15, 0.2) is 18.2 Å². The minimum atomic E-state index is -1.04. The van der Waals surface area contributed by atoms with Gasteiger partial charge >= 0.3 is 5.97 Å². The van der Waals surface area contributed by atoms with E-state index in [4.69, 9.17) is 5.11 Å². The van der Waals surface area contributed by atoms with Crippen molar-refractivity contribution < 1.29 is 29.1 Å². The molecule has 2 atom stereocenters. The highest BCUT2D eigenvalue weighted by Crippen LogP contribution is 2.38. The molecule has 1 aliphatic carbocycles. The molecule has 9 nitrogen and oxygen atoms in total. The summed E-state index contributed by atoms with van der Waals surface area (Å²) in [5, 5.41) is 8.72. The molecule has 2 saturated heterocycles. The lowest BCUT2D eigenvalue weighted by molar-refractivity contribution is -0.150. The van der Waals surface area contributed by atoms with Crippen LogP contribution in [-0.2, 0) is 14.4 Å². The maximum absolute atomic E-state index is 13.2. The van der Waals surface area contributed by atoms with Crippen LogP contribution in [0.5, 0.6) is 0 Å². The third kappa shape index (κ3) is 4.75. The van der Waals surface area contributed by atoms with Crippen molar-refractivity contribution in [2.75, 3.05) is 44.7 Å². The molecule has 0 aromatic heterocycles. The first-order valence-electron chi connectivity index (χ1n) is 12.0. The van der Waals surface area contributed by atoms with Gasteiger partial charge in [-0.15, -0.1) is 0 Å². The molecular weight excluding hydrogens is 438 g/mol. The number of imide groups is 1. The van der Waals surface area contributed by atoms with E-state index in [1.807, 2.05) is 6.07 Å². The van der Waals surface area contributed by atoms with Gasteiger partial charge in [0.2, 0.25) is 11.8 Å². The molecule has 4 rings (SSSR count). The summed E-state index contributed by atoms with van der Waals surface area (Å²) in [7, 11) is 1.40. The molecule has 2 heterocycles. The Bertz CT molecular complexity index is 1010. The number of aliphatic carboxylic acids is 1. The fourth-order valence-electron chi connectivity index (χ4n) is 5.24. The zero-order valence-electron chi connectivity index (χ0n) is 19.5. The lowest BCUT2D eigenvalue weighted by atomic mass is 9.81. The summed E-state index contributed by atoms with van der Waals surface area (Å²) in [6.45, 7) is 4.30. The number of carbonyl (C=O) groups excluding carboxylic acids is 4. The van der Waals surface area contributed by atoms with Gasteiger partial charge in [-0.25, -0.2) is 0 Å². The molecular formula is C25H31N3O6. The van der Waals surface area contributed by atoms with Crippen molar-refractivity contribution in [2.45, 2.75) is 38.5 Å². The number of anilines is 1. The molecule has 34 heavy (non-hydrogen) atoms. The Morgan fingerprint density at radius 2 is 1.68 bits per heavy atom. The summed E-state index contributed by atoms with van der Waals surface area (Å²) in [5.41, 5.74) is 1.63. The fourth-order valence-corrected chi connectivity index (χ4v) is 5.24. The molecule has 2 unspecified atom stereocenters. The summed E-state index contributed by atoms with van der Waals surface area (Å²) in [6, 6.07) is 5.34. The maximum atomic E-state index is 13.2. The molecule has 0 saturated carbocycles. The fraction of sp³-hybridized carbons (Fsp3) is 0.560. The Morgan fingerprint density at radius 3 is 2.38 bits per heavy atom. The molecule has 0 radical (unpaired) electrons. The van der Waals surface area contributed by atoms with Gasteiger partial charge in [0.15, 0.2) is 11.6 Å². The standard InChI is InChI=1S/C25H31N3O6/c1-26-20(29)9-8-18(25(26)34)22-23(32)17-7-6-16(15-19(17)24(22)33)28-13-11-27(12-14-28)10-4-2-3-5-21(30)31/h6-7,15,18,22H,2-5,8-14H2,1H3,(H,30,31). The molecule has 1 N–H and O–H groups in total. The van der Waals surface area contributed by atoms with Crippen molar-refractivity contribution in [2.24, 2.45) is 11.8 Å². The number of carboxylic acid groups (broad SMARTS) is 1. The SMILES string of the molecule is CN1C(=O)CCC(C2C(=O)c3ccc(N4CCN(CCCCCC(=O)O)CC4)cc3C2=O)C1=O. The van der Waals surface area contributed by atoms with Crippen LogP contribution in [0, 0.1) is 11.8 Å². The molecule has 1 aromatic rings. The number of piperidine rings is 1. The predicted molar refractivity (Wildman–Crippen MR) is 124 cm³/mol. The normalized spacial score (nSPS) is 23.6. The van der Waals surface area contributed by atoms with Crippen molar-refractivity contribution >= 4 is 35.0 Å². The number of piperazine rings is 1. The number of unbranched alkanes of at least 4 members (excludes halogenated alkanes) is 2. The van der Waals surface area contributed by atoms with Gasteiger partial charge in [-0.1, -0.05) is 6.42 Å². The van der Waals surface area contributed by atoms with E-state index in [1.165, 1.54) is 7.05 Å². The van der Waals surface area contributed by atoms with Crippen molar-refractivity contribution in [3.63, 3.8) is 0 Å². The van der Waals surface area contributed by atoms with Gasteiger partial charge in [-0.2, -0.15) is 0 Å². The van der Waals surface area contributed by atoms with E-state index in [0.29, 0.717) is 17.5 Å². The summed E-state index contributed by atoms with van der Waals surface area (Å²) in [5.74, 6) is -3.93. The lowest BCUT2D eigenvalue weighted by Crippen LogP contribution is -2.47. The lowest BCUT2D eigenvalue weighted by Gasteiger charge is -2.36. The van der Waals surface area contributed by atoms with Crippen LogP contribution in [-0.4, -0.2) is 84.0 Å². The second kappa shape index (κ2) is 10.0. The third-order valence-electron chi connectivity index (χ3n) is 7.29. The van der Waals surface area contributed by atoms with E-state index < -0.39 is 23.7 Å². The molecule has 0 bridgehead atoms.